The first-order chi connectivity index (χ1) is 13.4. The van der Waals surface area contributed by atoms with Gasteiger partial charge in [-0.05, 0) is 29.8 Å². The number of aliphatic imine (C=N–C) groups is 1. The van der Waals surface area contributed by atoms with Gasteiger partial charge in [-0.25, -0.2) is 8.42 Å². The van der Waals surface area contributed by atoms with E-state index in [1.165, 1.54) is 6.07 Å². The van der Waals surface area contributed by atoms with Gasteiger partial charge in [0.2, 0.25) is 5.91 Å². The molecule has 3 rings (SSSR count). The minimum Gasteiger partial charge on any atom is -0.493 e. The van der Waals surface area contributed by atoms with E-state index in [4.69, 9.17) is 9.47 Å². The number of amides is 1. The first-order valence-corrected chi connectivity index (χ1v) is 10.1. The second-order valence-electron chi connectivity index (χ2n) is 6.05. The van der Waals surface area contributed by atoms with Gasteiger partial charge in [-0.3, -0.25) is 14.5 Å². The highest BCUT2D eigenvalue weighted by atomic mass is 32.2. The van der Waals surface area contributed by atoms with Gasteiger partial charge in [0.05, 0.1) is 25.7 Å². The number of amidine groups is 1. The number of rotatable bonds is 7. The number of fused-ring (bicyclic) bond motifs is 1. The fourth-order valence-electron chi connectivity index (χ4n) is 2.80. The molecule has 0 spiro atoms. The van der Waals surface area contributed by atoms with Gasteiger partial charge in [-0.15, -0.1) is 0 Å². The van der Waals surface area contributed by atoms with Gasteiger partial charge in [0.1, 0.15) is 5.84 Å². The normalized spacial score (nSPS) is 15.6. The van der Waals surface area contributed by atoms with Crippen LogP contribution >= 0.6 is 0 Å². The molecule has 2 aromatic carbocycles. The first-order valence-electron chi connectivity index (χ1n) is 8.59. The maximum Gasteiger partial charge on any atom is 0.263 e. The second-order valence-corrected chi connectivity index (χ2v) is 7.70. The number of hydrogen-bond donors (Lipinski definition) is 2. The molecule has 0 bridgehead atoms. The van der Waals surface area contributed by atoms with E-state index in [9.17, 15) is 13.2 Å². The van der Waals surface area contributed by atoms with Crippen LogP contribution in [0.1, 0.15) is 17.5 Å². The van der Waals surface area contributed by atoms with Crippen molar-refractivity contribution < 1.29 is 22.7 Å². The van der Waals surface area contributed by atoms with E-state index in [1.807, 2.05) is 6.07 Å². The number of methoxy groups -OCH3 is 2. The third-order valence-electron chi connectivity index (χ3n) is 4.21. The maximum atomic E-state index is 12.1. The van der Waals surface area contributed by atoms with Gasteiger partial charge in [-0.1, -0.05) is 18.2 Å². The number of hydrogen-bond acceptors (Lipinski definition) is 6. The standard InChI is InChI=1S/C19H21N3O5S/c1-26-15-8-7-13(11-16(15)27-2)12-21-18(23)9-10-20-19-14-5-3-4-6-17(14)28(24,25)22-19/h3-8,11H,9-10,12H2,1-2H3,(H,20,22)(H,21,23). The van der Waals surface area contributed by atoms with Crippen LogP contribution in [0.25, 0.3) is 0 Å². The van der Waals surface area contributed by atoms with Crippen LogP contribution in [0.5, 0.6) is 11.5 Å². The Kier molecular flexibility index (Phi) is 5.84. The molecule has 148 valence electrons. The number of sulfonamides is 1. The van der Waals surface area contributed by atoms with Crippen molar-refractivity contribution in [3.63, 3.8) is 0 Å². The smallest absolute Gasteiger partial charge is 0.263 e. The van der Waals surface area contributed by atoms with Gasteiger partial charge in [0, 0.05) is 18.5 Å². The third kappa shape index (κ3) is 4.25. The van der Waals surface area contributed by atoms with Crippen molar-refractivity contribution >= 4 is 21.8 Å². The molecule has 0 unspecified atom stereocenters. The van der Waals surface area contributed by atoms with Crippen LogP contribution in [0.4, 0.5) is 0 Å². The summed E-state index contributed by atoms with van der Waals surface area (Å²) in [7, 11) is -0.458. The van der Waals surface area contributed by atoms with Crippen molar-refractivity contribution in [2.75, 3.05) is 20.8 Å². The Bertz CT molecular complexity index is 1020. The lowest BCUT2D eigenvalue weighted by Gasteiger charge is -2.10. The summed E-state index contributed by atoms with van der Waals surface area (Å²) >= 11 is 0. The van der Waals surface area contributed by atoms with Crippen LogP contribution in [-0.2, 0) is 21.4 Å². The molecular weight excluding hydrogens is 382 g/mol. The molecule has 0 saturated carbocycles. The lowest BCUT2D eigenvalue weighted by Crippen LogP contribution is -2.25. The zero-order valence-corrected chi connectivity index (χ0v) is 16.4. The van der Waals surface area contributed by atoms with E-state index in [1.54, 1.807) is 44.6 Å². The average Bonchev–Trinajstić information content (AvgIpc) is 2.96. The second kappa shape index (κ2) is 8.30. The highest BCUT2D eigenvalue weighted by Gasteiger charge is 2.29. The molecule has 0 aromatic heterocycles. The molecule has 0 aliphatic carbocycles. The summed E-state index contributed by atoms with van der Waals surface area (Å²) in [5.41, 5.74) is 1.39. The number of nitrogens with zero attached hydrogens (tertiary/aromatic N) is 1. The molecule has 0 radical (unpaired) electrons. The molecule has 1 aliphatic rings. The van der Waals surface area contributed by atoms with Crippen molar-refractivity contribution in [2.24, 2.45) is 4.99 Å². The van der Waals surface area contributed by atoms with Crippen molar-refractivity contribution in [3.05, 3.63) is 53.6 Å². The first kappa shape index (κ1) is 19.7. The summed E-state index contributed by atoms with van der Waals surface area (Å²) in [4.78, 5) is 16.5. The predicted octanol–water partition coefficient (Wildman–Crippen LogP) is 1.45. The van der Waals surface area contributed by atoms with Crippen molar-refractivity contribution in [1.82, 2.24) is 10.0 Å². The van der Waals surface area contributed by atoms with Gasteiger partial charge in [0.25, 0.3) is 10.0 Å². The van der Waals surface area contributed by atoms with Crippen LogP contribution in [-0.4, -0.2) is 40.9 Å². The Balaban J connectivity index is 1.55. The molecule has 0 saturated heterocycles. The highest BCUT2D eigenvalue weighted by Crippen LogP contribution is 2.27. The van der Waals surface area contributed by atoms with E-state index >= 15 is 0 Å². The maximum absolute atomic E-state index is 12.1. The van der Waals surface area contributed by atoms with Crippen LogP contribution < -0.4 is 19.5 Å². The highest BCUT2D eigenvalue weighted by molar-refractivity contribution is 7.90. The van der Waals surface area contributed by atoms with Crippen LogP contribution in [0.2, 0.25) is 0 Å². The predicted molar refractivity (Wildman–Crippen MR) is 104 cm³/mol. The van der Waals surface area contributed by atoms with E-state index in [-0.39, 0.29) is 29.6 Å². The lowest BCUT2D eigenvalue weighted by atomic mass is 10.2. The summed E-state index contributed by atoms with van der Waals surface area (Å²) < 4.78 is 36.9. The molecule has 2 N–H and O–H groups in total. The fraction of sp³-hybridized carbons (Fsp3) is 0.263. The summed E-state index contributed by atoms with van der Waals surface area (Å²) in [6, 6.07) is 12.0. The summed E-state index contributed by atoms with van der Waals surface area (Å²) in [6.07, 6.45) is 0.140. The van der Waals surface area contributed by atoms with Crippen LogP contribution in [0, 0.1) is 0 Å². The number of carbonyl (C=O) groups is 1. The molecule has 1 amide bonds. The number of ether oxygens (including phenoxy) is 2. The van der Waals surface area contributed by atoms with Crippen molar-refractivity contribution in [2.45, 2.75) is 17.9 Å². The zero-order chi connectivity index (χ0) is 20.1. The van der Waals surface area contributed by atoms with E-state index in [0.717, 1.165) is 5.56 Å². The van der Waals surface area contributed by atoms with Crippen molar-refractivity contribution in [1.29, 1.82) is 0 Å². The molecule has 9 heteroatoms. The SMILES string of the molecule is COc1ccc(CNC(=O)CCN=C2NS(=O)(=O)c3ccccc32)cc1OC. The molecule has 8 nitrogen and oxygen atoms in total. The molecule has 0 fully saturated rings. The van der Waals surface area contributed by atoms with Crippen LogP contribution in [0.15, 0.2) is 52.4 Å². The van der Waals surface area contributed by atoms with Crippen LogP contribution in [0.3, 0.4) is 0 Å². The van der Waals surface area contributed by atoms with E-state index in [0.29, 0.717) is 23.6 Å². The Morgan fingerprint density at radius 2 is 1.86 bits per heavy atom. The van der Waals surface area contributed by atoms with Gasteiger partial charge < -0.3 is 14.8 Å². The molecule has 1 heterocycles. The average molecular weight is 403 g/mol. The Morgan fingerprint density at radius 1 is 1.11 bits per heavy atom. The quantitative estimate of drug-likeness (QED) is 0.728. The van der Waals surface area contributed by atoms with E-state index in [2.05, 4.69) is 15.0 Å². The Labute approximate surface area is 163 Å². The summed E-state index contributed by atoms with van der Waals surface area (Å²) in [5.74, 6) is 1.29. The Hall–Kier alpha value is -3.07. The zero-order valence-electron chi connectivity index (χ0n) is 15.6. The summed E-state index contributed by atoms with van der Waals surface area (Å²) in [5, 5.41) is 2.81. The third-order valence-corrected chi connectivity index (χ3v) is 5.61. The van der Waals surface area contributed by atoms with Gasteiger partial charge >= 0.3 is 0 Å². The largest absolute Gasteiger partial charge is 0.493 e. The monoisotopic (exact) mass is 403 g/mol. The summed E-state index contributed by atoms with van der Waals surface area (Å²) in [6.45, 7) is 0.509. The minimum absolute atomic E-state index is 0.140. The molecular formula is C19H21N3O5S. The molecule has 28 heavy (non-hydrogen) atoms. The van der Waals surface area contributed by atoms with E-state index < -0.39 is 10.0 Å². The number of nitrogens with one attached hydrogen (secondary N) is 2. The molecule has 1 aliphatic heterocycles. The molecule has 2 aromatic rings. The topological polar surface area (TPSA) is 106 Å². The number of carbonyl (C=O) groups excluding carboxylic acids is 1. The Morgan fingerprint density at radius 3 is 2.61 bits per heavy atom. The minimum atomic E-state index is -3.57. The molecule has 0 atom stereocenters. The lowest BCUT2D eigenvalue weighted by molar-refractivity contribution is -0.121. The fourth-order valence-corrected chi connectivity index (χ4v) is 4.05. The van der Waals surface area contributed by atoms with Gasteiger partial charge in [-0.2, -0.15) is 0 Å². The van der Waals surface area contributed by atoms with Crippen molar-refractivity contribution in [3.8, 4) is 11.5 Å². The van der Waals surface area contributed by atoms with Gasteiger partial charge in [0.15, 0.2) is 11.5 Å². The number of benzene rings is 2.